The molecule has 0 bridgehead atoms. The topological polar surface area (TPSA) is 50.5 Å². The summed E-state index contributed by atoms with van der Waals surface area (Å²) >= 11 is 7.74. The van der Waals surface area contributed by atoms with Gasteiger partial charge < -0.3 is 0 Å². The van der Waals surface area contributed by atoms with E-state index in [0.717, 1.165) is 17.8 Å². The first kappa shape index (κ1) is 21.4. The number of nitrogens with zero attached hydrogens (tertiary/aromatic N) is 4. The number of halogens is 2. The Morgan fingerprint density at radius 1 is 1.30 bits per heavy atom. The van der Waals surface area contributed by atoms with Crippen molar-refractivity contribution in [3.05, 3.63) is 61.7 Å². The fourth-order valence-corrected chi connectivity index (χ4v) is 5.48. The van der Waals surface area contributed by atoms with Gasteiger partial charge in [0.1, 0.15) is 10.8 Å². The summed E-state index contributed by atoms with van der Waals surface area (Å²) in [6, 6.07) is 6.61. The van der Waals surface area contributed by atoms with Gasteiger partial charge in [0.15, 0.2) is 0 Å². The molecule has 0 aliphatic heterocycles. The van der Waals surface area contributed by atoms with Gasteiger partial charge in [0.05, 0.1) is 5.69 Å². The lowest BCUT2D eigenvalue weighted by atomic mass is 9.77. The lowest BCUT2D eigenvalue weighted by Gasteiger charge is -2.41. The van der Waals surface area contributed by atoms with Gasteiger partial charge in [-0.1, -0.05) is 55.7 Å². The van der Waals surface area contributed by atoms with E-state index in [1.54, 1.807) is 18.2 Å². The molecule has 0 spiro atoms. The minimum absolute atomic E-state index is 0.187. The smallest absolute Gasteiger partial charge is 0.275 e. The number of hydrogen-bond donors (Lipinski definition) is 0. The van der Waals surface area contributed by atoms with E-state index in [-0.39, 0.29) is 17.4 Å². The van der Waals surface area contributed by atoms with Gasteiger partial charge in [0.2, 0.25) is 4.96 Å². The van der Waals surface area contributed by atoms with E-state index < -0.39 is 0 Å². The van der Waals surface area contributed by atoms with Crippen molar-refractivity contribution in [2.75, 3.05) is 0 Å². The fourth-order valence-electron chi connectivity index (χ4n) is 4.49. The summed E-state index contributed by atoms with van der Waals surface area (Å²) in [5.41, 5.74) is 0.992. The predicted octanol–water partition coefficient (Wildman–Crippen LogP) is 5.08. The van der Waals surface area contributed by atoms with Crippen molar-refractivity contribution in [3.8, 4) is 0 Å². The Morgan fingerprint density at radius 2 is 2.10 bits per heavy atom. The number of aryl methyl sites for hydroxylation is 1. The number of fused-ring (bicyclic) bond motifs is 1. The lowest BCUT2D eigenvalue weighted by Crippen LogP contribution is -2.43. The summed E-state index contributed by atoms with van der Waals surface area (Å²) in [4.78, 5) is 20.0. The highest BCUT2D eigenvalue weighted by molar-refractivity contribution is 7.16. The molecule has 3 atom stereocenters. The van der Waals surface area contributed by atoms with Crippen LogP contribution in [0.2, 0.25) is 5.02 Å². The molecule has 1 fully saturated rings. The number of aromatic nitrogens is 3. The first-order valence-electron chi connectivity index (χ1n) is 10.4. The second-order valence-corrected chi connectivity index (χ2v) is 9.91. The largest absolute Gasteiger partial charge is 0.290 e. The Hall–Kier alpha value is -1.83. The third kappa shape index (κ3) is 4.29. The molecule has 4 rings (SSSR count). The van der Waals surface area contributed by atoms with E-state index in [2.05, 4.69) is 28.8 Å². The molecule has 0 N–H and O–H groups in total. The lowest BCUT2D eigenvalue weighted by molar-refractivity contribution is 0.0668. The Balaban J connectivity index is 1.70. The zero-order valence-electron chi connectivity index (χ0n) is 17.4. The fraction of sp³-hybridized carbons (Fsp3) is 0.500. The van der Waals surface area contributed by atoms with Gasteiger partial charge >= 0.3 is 0 Å². The van der Waals surface area contributed by atoms with Crippen LogP contribution < -0.4 is 5.56 Å². The summed E-state index contributed by atoms with van der Waals surface area (Å²) in [6.45, 7) is 7.26. The van der Waals surface area contributed by atoms with Gasteiger partial charge in [-0.2, -0.15) is 9.61 Å². The van der Waals surface area contributed by atoms with Crippen molar-refractivity contribution in [2.45, 2.75) is 59.2 Å². The molecule has 2 aromatic heterocycles. The molecule has 0 amide bonds. The highest BCUT2D eigenvalue weighted by atomic mass is 35.5. The normalized spacial score (nSPS) is 22.1. The maximum Gasteiger partial charge on any atom is 0.275 e. The molecule has 1 aliphatic rings. The van der Waals surface area contributed by atoms with E-state index in [4.69, 9.17) is 11.6 Å². The summed E-state index contributed by atoms with van der Waals surface area (Å²) in [5, 5.41) is 5.44. The van der Waals surface area contributed by atoms with E-state index in [9.17, 15) is 9.18 Å². The zero-order valence-corrected chi connectivity index (χ0v) is 19.0. The van der Waals surface area contributed by atoms with E-state index in [1.165, 1.54) is 28.3 Å². The molecule has 1 saturated carbocycles. The maximum atomic E-state index is 14.6. The van der Waals surface area contributed by atoms with Crippen molar-refractivity contribution >= 4 is 27.9 Å². The minimum atomic E-state index is -0.300. The van der Waals surface area contributed by atoms with Crippen LogP contribution in [0.1, 0.15) is 49.4 Å². The van der Waals surface area contributed by atoms with Crippen LogP contribution in [-0.4, -0.2) is 25.5 Å². The quantitative estimate of drug-likeness (QED) is 0.546. The Morgan fingerprint density at radius 3 is 2.87 bits per heavy atom. The van der Waals surface area contributed by atoms with Crippen molar-refractivity contribution in [1.29, 1.82) is 0 Å². The molecular formula is C22H26ClFN4OS. The highest BCUT2D eigenvalue weighted by Gasteiger charge is 2.32. The van der Waals surface area contributed by atoms with Crippen LogP contribution in [0.4, 0.5) is 4.39 Å². The molecule has 0 unspecified atom stereocenters. The predicted molar refractivity (Wildman–Crippen MR) is 118 cm³/mol. The van der Waals surface area contributed by atoms with Crippen LogP contribution in [0.25, 0.3) is 4.96 Å². The standard InChI is InChI=1S/C22H26ClFN4OS/c1-13-6-4-9-20(14(13)2)27(12-17-18(23)7-5-8-19(17)24)11-16-10-21(29)28-22(25-16)30-15(3)26-28/h5,7-8,10,13-14,20H,4,6,9,11-12H2,1-3H3/t13-,14-,20-/m1/s1. The molecule has 160 valence electrons. The van der Waals surface area contributed by atoms with Crippen LogP contribution in [0.15, 0.2) is 29.1 Å². The molecule has 2 heterocycles. The second-order valence-electron chi connectivity index (χ2n) is 8.34. The summed E-state index contributed by atoms with van der Waals surface area (Å²) in [6.07, 6.45) is 3.39. The average Bonchev–Trinajstić information content (AvgIpc) is 3.07. The Labute approximate surface area is 184 Å². The molecule has 0 radical (unpaired) electrons. The summed E-state index contributed by atoms with van der Waals surface area (Å²) in [5.74, 6) is 0.748. The zero-order chi connectivity index (χ0) is 21.4. The summed E-state index contributed by atoms with van der Waals surface area (Å²) in [7, 11) is 0. The first-order chi connectivity index (χ1) is 14.3. The molecule has 5 nitrogen and oxygen atoms in total. The molecule has 8 heteroatoms. The van der Waals surface area contributed by atoms with Crippen LogP contribution >= 0.6 is 22.9 Å². The Bertz CT molecular complexity index is 1090. The maximum absolute atomic E-state index is 14.6. The van der Waals surface area contributed by atoms with Crippen molar-refractivity contribution in [1.82, 2.24) is 19.5 Å². The van der Waals surface area contributed by atoms with Gasteiger partial charge in [-0.15, -0.1) is 0 Å². The molecule has 1 aromatic carbocycles. The van der Waals surface area contributed by atoms with Crippen LogP contribution in [0.5, 0.6) is 0 Å². The van der Waals surface area contributed by atoms with E-state index in [0.29, 0.717) is 46.2 Å². The van der Waals surface area contributed by atoms with Crippen LogP contribution in [0, 0.1) is 24.6 Å². The van der Waals surface area contributed by atoms with Gasteiger partial charge in [-0.25, -0.2) is 9.37 Å². The van der Waals surface area contributed by atoms with Crippen molar-refractivity contribution < 1.29 is 4.39 Å². The van der Waals surface area contributed by atoms with Crippen LogP contribution in [0.3, 0.4) is 0 Å². The summed E-state index contributed by atoms with van der Waals surface area (Å²) < 4.78 is 15.9. The van der Waals surface area contributed by atoms with E-state index in [1.807, 2.05) is 6.92 Å². The average molecular weight is 449 g/mol. The molecule has 3 aromatic rings. The van der Waals surface area contributed by atoms with Crippen LogP contribution in [-0.2, 0) is 13.1 Å². The third-order valence-electron chi connectivity index (χ3n) is 6.32. The second kappa shape index (κ2) is 8.73. The van der Waals surface area contributed by atoms with Gasteiger partial charge in [0.25, 0.3) is 5.56 Å². The molecule has 0 saturated heterocycles. The van der Waals surface area contributed by atoms with Crippen molar-refractivity contribution in [3.63, 3.8) is 0 Å². The van der Waals surface area contributed by atoms with Gasteiger partial charge in [-0.05, 0) is 37.3 Å². The molecular weight excluding hydrogens is 423 g/mol. The van der Waals surface area contributed by atoms with Gasteiger partial charge in [-0.3, -0.25) is 9.69 Å². The monoisotopic (exact) mass is 448 g/mol. The van der Waals surface area contributed by atoms with Crippen molar-refractivity contribution in [2.24, 2.45) is 11.8 Å². The minimum Gasteiger partial charge on any atom is -0.290 e. The SMILES string of the molecule is Cc1nn2c(=O)cc(CN(Cc3c(F)cccc3Cl)[C@@H]3CCC[C@@H](C)[C@H]3C)nc2s1. The number of hydrogen-bond acceptors (Lipinski definition) is 5. The first-order valence-corrected chi connectivity index (χ1v) is 11.6. The Kier molecular flexibility index (Phi) is 6.23. The molecule has 1 aliphatic carbocycles. The number of rotatable bonds is 5. The van der Waals surface area contributed by atoms with E-state index >= 15 is 0 Å². The molecule has 30 heavy (non-hydrogen) atoms. The third-order valence-corrected chi connectivity index (χ3v) is 7.50. The van der Waals surface area contributed by atoms with Gasteiger partial charge in [0, 0.05) is 35.8 Å². The number of benzene rings is 1. The highest BCUT2D eigenvalue weighted by Crippen LogP contribution is 2.35.